The lowest BCUT2D eigenvalue weighted by Gasteiger charge is -2.33. The predicted molar refractivity (Wildman–Crippen MR) is 93.9 cm³/mol. The first-order chi connectivity index (χ1) is 12.0. The fraction of sp³-hybridized carbons (Fsp3) is 0.294. The average molecular weight is 358 g/mol. The van der Waals surface area contributed by atoms with E-state index < -0.39 is 11.8 Å². The molecule has 1 saturated heterocycles. The quantitative estimate of drug-likeness (QED) is 0.816. The van der Waals surface area contributed by atoms with E-state index in [2.05, 4.69) is 10.3 Å². The van der Waals surface area contributed by atoms with Crippen LogP contribution >= 0.6 is 11.3 Å². The third-order valence-electron chi connectivity index (χ3n) is 3.87. The Morgan fingerprint density at radius 2 is 2.00 bits per heavy atom. The molecule has 1 aromatic carbocycles. The second-order valence-electron chi connectivity index (χ2n) is 5.83. The molecule has 3 rings (SSSR count). The smallest absolute Gasteiger partial charge is 0.312 e. The molecule has 0 unspecified atom stereocenters. The molecule has 0 radical (unpaired) electrons. The molecule has 0 bridgehead atoms. The topological polar surface area (TPSA) is 82.6 Å². The van der Waals surface area contributed by atoms with Gasteiger partial charge in [0.05, 0.1) is 0 Å². The molecule has 1 aliphatic rings. The Bertz CT molecular complexity index is 791. The molecule has 8 heteroatoms. The van der Waals surface area contributed by atoms with Crippen molar-refractivity contribution >= 4 is 34.2 Å². The van der Waals surface area contributed by atoms with E-state index in [9.17, 15) is 14.4 Å². The highest BCUT2D eigenvalue weighted by Crippen LogP contribution is 2.13. The van der Waals surface area contributed by atoms with E-state index in [0.29, 0.717) is 24.8 Å². The van der Waals surface area contributed by atoms with Crippen molar-refractivity contribution in [1.29, 1.82) is 0 Å². The van der Waals surface area contributed by atoms with Crippen molar-refractivity contribution in [1.82, 2.24) is 14.8 Å². The zero-order valence-electron chi connectivity index (χ0n) is 13.8. The standard InChI is InChI=1S/C17H18N4O3S/c1-12-3-2-4-13(9-12)10-20-6-7-21(16(24)15(20)23)11-14(22)19-17-18-5-8-25-17/h2-5,8-9H,6-7,10-11H2,1H3,(H,18,19,22). The highest BCUT2D eigenvalue weighted by Gasteiger charge is 2.33. The van der Waals surface area contributed by atoms with Gasteiger partial charge in [-0.3, -0.25) is 14.4 Å². The first kappa shape index (κ1) is 17.1. The Kier molecular flexibility index (Phi) is 5.08. The van der Waals surface area contributed by atoms with Crippen molar-refractivity contribution < 1.29 is 14.4 Å². The Morgan fingerprint density at radius 3 is 2.72 bits per heavy atom. The molecule has 2 heterocycles. The van der Waals surface area contributed by atoms with Crippen LogP contribution in [-0.2, 0) is 20.9 Å². The molecular weight excluding hydrogens is 340 g/mol. The molecule has 2 aromatic rings. The summed E-state index contributed by atoms with van der Waals surface area (Å²) in [6, 6.07) is 7.83. The molecule has 1 fully saturated rings. The summed E-state index contributed by atoms with van der Waals surface area (Å²) in [5.41, 5.74) is 2.09. The van der Waals surface area contributed by atoms with E-state index in [4.69, 9.17) is 0 Å². The molecule has 130 valence electrons. The van der Waals surface area contributed by atoms with E-state index in [-0.39, 0.29) is 12.5 Å². The number of hydrogen-bond acceptors (Lipinski definition) is 5. The van der Waals surface area contributed by atoms with Crippen LogP contribution in [0.2, 0.25) is 0 Å². The van der Waals surface area contributed by atoms with Crippen molar-refractivity contribution in [2.45, 2.75) is 13.5 Å². The number of benzene rings is 1. The summed E-state index contributed by atoms with van der Waals surface area (Å²) >= 11 is 1.30. The molecular formula is C17H18N4O3S. The van der Waals surface area contributed by atoms with Crippen molar-refractivity contribution in [2.75, 3.05) is 25.0 Å². The molecule has 0 atom stereocenters. The van der Waals surface area contributed by atoms with Crippen LogP contribution in [0.5, 0.6) is 0 Å². The van der Waals surface area contributed by atoms with E-state index in [1.807, 2.05) is 31.2 Å². The predicted octanol–water partition coefficient (Wildman–Crippen LogP) is 1.26. The van der Waals surface area contributed by atoms with Crippen LogP contribution in [0.1, 0.15) is 11.1 Å². The van der Waals surface area contributed by atoms with Crippen molar-refractivity contribution in [3.8, 4) is 0 Å². The largest absolute Gasteiger partial charge is 0.328 e. The zero-order chi connectivity index (χ0) is 17.8. The number of aryl methyl sites for hydroxylation is 1. The summed E-state index contributed by atoms with van der Waals surface area (Å²) in [6.45, 7) is 2.97. The van der Waals surface area contributed by atoms with Crippen LogP contribution < -0.4 is 5.32 Å². The first-order valence-corrected chi connectivity index (χ1v) is 8.74. The minimum absolute atomic E-state index is 0.150. The van der Waals surface area contributed by atoms with Gasteiger partial charge in [-0.05, 0) is 12.5 Å². The van der Waals surface area contributed by atoms with E-state index >= 15 is 0 Å². The zero-order valence-corrected chi connectivity index (χ0v) is 14.6. The fourth-order valence-electron chi connectivity index (χ4n) is 2.66. The van der Waals surface area contributed by atoms with Gasteiger partial charge in [0, 0.05) is 31.2 Å². The van der Waals surface area contributed by atoms with Gasteiger partial charge < -0.3 is 15.1 Å². The number of piperazine rings is 1. The van der Waals surface area contributed by atoms with Gasteiger partial charge >= 0.3 is 11.8 Å². The second kappa shape index (κ2) is 7.43. The summed E-state index contributed by atoms with van der Waals surface area (Å²) in [6.07, 6.45) is 1.58. The fourth-order valence-corrected chi connectivity index (χ4v) is 3.21. The highest BCUT2D eigenvalue weighted by atomic mass is 32.1. The first-order valence-electron chi connectivity index (χ1n) is 7.86. The summed E-state index contributed by atoms with van der Waals surface area (Å²) in [4.78, 5) is 43.3. The lowest BCUT2D eigenvalue weighted by atomic mass is 10.1. The number of nitrogens with zero attached hydrogens (tertiary/aromatic N) is 3. The molecule has 1 N–H and O–H groups in total. The van der Waals surface area contributed by atoms with Gasteiger partial charge in [-0.2, -0.15) is 0 Å². The number of nitrogens with one attached hydrogen (secondary N) is 1. The molecule has 3 amide bonds. The normalized spacial score (nSPS) is 14.8. The summed E-state index contributed by atoms with van der Waals surface area (Å²) < 4.78 is 0. The van der Waals surface area contributed by atoms with E-state index in [1.165, 1.54) is 21.1 Å². The van der Waals surface area contributed by atoms with E-state index in [0.717, 1.165) is 11.1 Å². The third-order valence-corrected chi connectivity index (χ3v) is 4.55. The molecule has 1 aliphatic heterocycles. The monoisotopic (exact) mass is 358 g/mol. The van der Waals surface area contributed by atoms with Crippen LogP contribution in [0, 0.1) is 6.92 Å². The van der Waals surface area contributed by atoms with E-state index in [1.54, 1.807) is 11.6 Å². The molecule has 7 nitrogen and oxygen atoms in total. The SMILES string of the molecule is Cc1cccc(CN2CCN(CC(=O)Nc3nccs3)C(=O)C2=O)c1. The molecule has 25 heavy (non-hydrogen) atoms. The van der Waals surface area contributed by atoms with Gasteiger partial charge in [0.15, 0.2) is 5.13 Å². The maximum Gasteiger partial charge on any atom is 0.312 e. The van der Waals surface area contributed by atoms with Crippen LogP contribution in [0.15, 0.2) is 35.8 Å². The third kappa shape index (κ3) is 4.21. The Balaban J connectivity index is 1.57. The number of amides is 3. The lowest BCUT2D eigenvalue weighted by molar-refractivity contribution is -0.157. The Morgan fingerprint density at radius 1 is 1.24 bits per heavy atom. The highest BCUT2D eigenvalue weighted by molar-refractivity contribution is 7.13. The summed E-state index contributed by atoms with van der Waals surface area (Å²) in [5, 5.41) is 4.83. The van der Waals surface area contributed by atoms with Crippen LogP contribution in [0.25, 0.3) is 0 Å². The van der Waals surface area contributed by atoms with Gasteiger partial charge in [0.1, 0.15) is 6.54 Å². The minimum Gasteiger partial charge on any atom is -0.328 e. The van der Waals surface area contributed by atoms with Crippen molar-refractivity contribution in [3.63, 3.8) is 0 Å². The average Bonchev–Trinajstić information content (AvgIpc) is 3.07. The van der Waals surface area contributed by atoms with Crippen LogP contribution in [0.3, 0.4) is 0 Å². The second-order valence-corrected chi connectivity index (χ2v) is 6.72. The van der Waals surface area contributed by atoms with Crippen LogP contribution in [-0.4, -0.2) is 52.1 Å². The van der Waals surface area contributed by atoms with Crippen LogP contribution in [0.4, 0.5) is 5.13 Å². The number of carbonyl (C=O) groups excluding carboxylic acids is 3. The summed E-state index contributed by atoms with van der Waals surface area (Å²) in [5.74, 6) is -1.58. The van der Waals surface area contributed by atoms with Gasteiger partial charge in [-0.25, -0.2) is 4.98 Å². The maximum atomic E-state index is 12.3. The Labute approximate surface area is 149 Å². The molecule has 1 aromatic heterocycles. The number of thiazole rings is 1. The number of hydrogen-bond donors (Lipinski definition) is 1. The van der Waals surface area contributed by atoms with Gasteiger partial charge in [0.25, 0.3) is 0 Å². The number of rotatable bonds is 5. The molecule has 0 saturated carbocycles. The number of carbonyl (C=O) groups is 3. The lowest BCUT2D eigenvalue weighted by Crippen LogP contribution is -2.55. The number of anilines is 1. The van der Waals surface area contributed by atoms with Crippen molar-refractivity contribution in [3.05, 3.63) is 47.0 Å². The maximum absolute atomic E-state index is 12.3. The molecule has 0 spiro atoms. The van der Waals surface area contributed by atoms with Gasteiger partial charge in [-0.1, -0.05) is 29.8 Å². The van der Waals surface area contributed by atoms with Gasteiger partial charge in [-0.15, -0.1) is 11.3 Å². The summed E-state index contributed by atoms with van der Waals surface area (Å²) in [7, 11) is 0. The Hall–Kier alpha value is -2.74. The van der Waals surface area contributed by atoms with Gasteiger partial charge in [0.2, 0.25) is 5.91 Å². The van der Waals surface area contributed by atoms with Crippen molar-refractivity contribution in [2.24, 2.45) is 0 Å². The molecule has 0 aliphatic carbocycles. The minimum atomic E-state index is -0.645. The number of aromatic nitrogens is 1.